The molecule has 180 valence electrons. The smallest absolute Gasteiger partial charge is 0.343 e. The average molecular weight is 494 g/mol. The molecule has 3 aromatic rings. The third-order valence-electron chi connectivity index (χ3n) is 5.06. The molecule has 0 saturated heterocycles. The lowest BCUT2D eigenvalue weighted by Gasteiger charge is -2.17. The number of hydrogen-bond acceptors (Lipinski definition) is 6. The predicted molar refractivity (Wildman–Crippen MR) is 132 cm³/mol. The molecule has 0 saturated carbocycles. The number of ether oxygens (including phenoxy) is 2. The van der Waals surface area contributed by atoms with Gasteiger partial charge in [0.1, 0.15) is 5.75 Å². The van der Waals surface area contributed by atoms with Gasteiger partial charge in [-0.15, -0.1) is 0 Å². The number of halogens is 1. The summed E-state index contributed by atoms with van der Waals surface area (Å²) in [4.78, 5) is 41.7. The van der Waals surface area contributed by atoms with E-state index < -0.39 is 30.1 Å². The van der Waals surface area contributed by atoms with Crippen molar-refractivity contribution in [2.24, 2.45) is 4.99 Å². The summed E-state index contributed by atoms with van der Waals surface area (Å²) < 4.78 is 10.9. The second-order valence-electron chi connectivity index (χ2n) is 7.64. The van der Waals surface area contributed by atoms with Gasteiger partial charge in [-0.3, -0.25) is 4.99 Å². The van der Waals surface area contributed by atoms with Gasteiger partial charge in [-0.05, 0) is 43.7 Å². The highest BCUT2D eigenvalue weighted by Gasteiger charge is 2.30. The van der Waals surface area contributed by atoms with Crippen molar-refractivity contribution in [3.8, 4) is 5.75 Å². The van der Waals surface area contributed by atoms with Gasteiger partial charge in [-0.2, -0.15) is 0 Å². The standard InChI is InChI=1S/C27H24ClNO6/c1-3-17(2)34-27(33)24(25(30)31)29-23(18-10-6-4-7-11-18)21-16-20(28)14-15-22(21)35-26(32)19-12-8-5-9-13-19/h4-17,24H,3H2,1-2H3,(H,30,31). The van der Waals surface area contributed by atoms with Gasteiger partial charge in [-0.25, -0.2) is 14.4 Å². The maximum absolute atomic E-state index is 12.7. The molecule has 0 aliphatic heterocycles. The number of rotatable bonds is 9. The number of carboxylic acids is 1. The largest absolute Gasteiger partial charge is 0.479 e. The van der Waals surface area contributed by atoms with E-state index in [-0.39, 0.29) is 17.0 Å². The van der Waals surface area contributed by atoms with Crippen molar-refractivity contribution in [3.05, 3.63) is 101 Å². The van der Waals surface area contributed by atoms with Crippen LogP contribution in [0.1, 0.15) is 41.8 Å². The Morgan fingerprint density at radius 2 is 1.54 bits per heavy atom. The molecule has 3 aromatic carbocycles. The van der Waals surface area contributed by atoms with Gasteiger partial charge in [0.05, 0.1) is 17.4 Å². The number of aliphatic imine (C=N–C) groups is 1. The topological polar surface area (TPSA) is 102 Å². The molecule has 7 nitrogen and oxygen atoms in total. The highest BCUT2D eigenvalue weighted by molar-refractivity contribution is 6.31. The molecular weight excluding hydrogens is 470 g/mol. The molecule has 0 aromatic heterocycles. The Kier molecular flexibility index (Phi) is 8.75. The molecule has 0 spiro atoms. The van der Waals surface area contributed by atoms with Crippen LogP contribution in [-0.4, -0.2) is 40.9 Å². The van der Waals surface area contributed by atoms with Gasteiger partial charge in [0.2, 0.25) is 6.04 Å². The quantitative estimate of drug-likeness (QED) is 0.190. The Morgan fingerprint density at radius 3 is 2.11 bits per heavy atom. The van der Waals surface area contributed by atoms with Crippen LogP contribution in [-0.2, 0) is 14.3 Å². The van der Waals surface area contributed by atoms with E-state index in [4.69, 9.17) is 21.1 Å². The van der Waals surface area contributed by atoms with Crippen molar-refractivity contribution < 1.29 is 29.0 Å². The number of esters is 2. The van der Waals surface area contributed by atoms with Crippen molar-refractivity contribution in [3.63, 3.8) is 0 Å². The van der Waals surface area contributed by atoms with Crippen LogP contribution in [0.2, 0.25) is 5.02 Å². The van der Waals surface area contributed by atoms with Gasteiger partial charge < -0.3 is 14.6 Å². The number of carbonyl (C=O) groups is 3. The molecule has 0 radical (unpaired) electrons. The summed E-state index contributed by atoms with van der Waals surface area (Å²) in [5, 5.41) is 10.1. The number of nitrogens with zero attached hydrogens (tertiary/aromatic N) is 1. The first-order valence-corrected chi connectivity index (χ1v) is 11.3. The molecule has 35 heavy (non-hydrogen) atoms. The van der Waals surface area contributed by atoms with Crippen LogP contribution in [0.4, 0.5) is 0 Å². The lowest BCUT2D eigenvalue weighted by atomic mass is 10.0. The van der Waals surface area contributed by atoms with E-state index in [1.807, 2.05) is 6.92 Å². The van der Waals surface area contributed by atoms with Crippen molar-refractivity contribution in [1.29, 1.82) is 0 Å². The molecule has 2 atom stereocenters. The Balaban J connectivity index is 2.13. The fraction of sp³-hybridized carbons (Fsp3) is 0.185. The SMILES string of the molecule is CCC(C)OC(=O)C(N=C(c1ccccc1)c1cc(Cl)ccc1OC(=O)c1ccccc1)C(=O)O. The summed E-state index contributed by atoms with van der Waals surface area (Å²) in [6, 6.07) is 19.7. The Hall–Kier alpha value is -3.97. The number of carbonyl (C=O) groups excluding carboxylic acids is 2. The van der Waals surface area contributed by atoms with Gasteiger partial charge in [-0.1, -0.05) is 67.1 Å². The number of aliphatic carboxylic acids is 1. The summed E-state index contributed by atoms with van der Waals surface area (Å²) in [5.41, 5.74) is 1.18. The van der Waals surface area contributed by atoms with Crippen LogP contribution in [0.25, 0.3) is 0 Å². The minimum Gasteiger partial charge on any atom is -0.479 e. The maximum atomic E-state index is 12.7. The predicted octanol–water partition coefficient (Wildman–Crippen LogP) is 5.19. The molecule has 1 N–H and O–H groups in total. The summed E-state index contributed by atoms with van der Waals surface area (Å²) in [6.07, 6.45) is 0.0367. The molecule has 2 unspecified atom stereocenters. The van der Waals surface area contributed by atoms with Crippen LogP contribution in [0.3, 0.4) is 0 Å². The molecule has 3 rings (SSSR count). The van der Waals surface area contributed by atoms with Gasteiger partial charge in [0.15, 0.2) is 0 Å². The molecule has 0 aliphatic carbocycles. The van der Waals surface area contributed by atoms with E-state index in [1.54, 1.807) is 67.6 Å². The Bertz CT molecular complexity index is 1230. The zero-order valence-electron chi connectivity index (χ0n) is 19.2. The molecule has 0 bridgehead atoms. The average Bonchev–Trinajstić information content (AvgIpc) is 2.86. The molecule has 0 amide bonds. The second-order valence-corrected chi connectivity index (χ2v) is 8.07. The van der Waals surface area contributed by atoms with Gasteiger partial charge in [0.25, 0.3) is 0 Å². The van der Waals surface area contributed by atoms with Crippen molar-refractivity contribution in [2.75, 3.05) is 0 Å². The fourth-order valence-corrected chi connectivity index (χ4v) is 3.26. The van der Waals surface area contributed by atoms with E-state index in [2.05, 4.69) is 4.99 Å². The third kappa shape index (κ3) is 6.77. The van der Waals surface area contributed by atoms with Crippen molar-refractivity contribution >= 4 is 35.2 Å². The first kappa shape index (κ1) is 25.6. The van der Waals surface area contributed by atoms with Crippen LogP contribution in [0, 0.1) is 0 Å². The van der Waals surface area contributed by atoms with Crippen molar-refractivity contribution in [2.45, 2.75) is 32.4 Å². The fourth-order valence-electron chi connectivity index (χ4n) is 3.09. The first-order chi connectivity index (χ1) is 16.8. The maximum Gasteiger partial charge on any atom is 0.343 e. The Morgan fingerprint density at radius 1 is 0.943 bits per heavy atom. The minimum absolute atomic E-state index is 0.102. The van der Waals surface area contributed by atoms with Gasteiger partial charge in [0, 0.05) is 16.1 Å². The normalized spacial score (nSPS) is 12.9. The highest BCUT2D eigenvalue weighted by atomic mass is 35.5. The monoisotopic (exact) mass is 493 g/mol. The lowest BCUT2D eigenvalue weighted by Crippen LogP contribution is -2.33. The van der Waals surface area contributed by atoms with E-state index >= 15 is 0 Å². The lowest BCUT2D eigenvalue weighted by molar-refractivity contribution is -0.156. The summed E-state index contributed by atoms with van der Waals surface area (Å²) >= 11 is 6.25. The summed E-state index contributed by atoms with van der Waals surface area (Å²) in [5.74, 6) is -2.99. The van der Waals surface area contributed by atoms with Crippen LogP contribution >= 0.6 is 11.6 Å². The molecule has 0 aliphatic rings. The van der Waals surface area contributed by atoms with Crippen LogP contribution in [0.5, 0.6) is 5.75 Å². The number of benzene rings is 3. The molecular formula is C27H24ClNO6. The van der Waals surface area contributed by atoms with Crippen molar-refractivity contribution in [1.82, 2.24) is 0 Å². The number of hydrogen-bond donors (Lipinski definition) is 1. The highest BCUT2D eigenvalue weighted by Crippen LogP contribution is 2.28. The first-order valence-electron chi connectivity index (χ1n) is 10.9. The van der Waals surface area contributed by atoms with Crippen LogP contribution in [0.15, 0.2) is 83.9 Å². The summed E-state index contributed by atoms with van der Waals surface area (Å²) in [6.45, 7) is 3.47. The second kappa shape index (κ2) is 11.9. The van der Waals surface area contributed by atoms with Crippen LogP contribution < -0.4 is 4.74 Å². The van der Waals surface area contributed by atoms with Gasteiger partial charge >= 0.3 is 17.9 Å². The summed E-state index contributed by atoms with van der Waals surface area (Å²) in [7, 11) is 0. The third-order valence-corrected chi connectivity index (χ3v) is 5.30. The Labute approximate surface area is 208 Å². The molecule has 0 fully saturated rings. The van der Waals surface area contributed by atoms with E-state index in [0.29, 0.717) is 22.6 Å². The zero-order chi connectivity index (χ0) is 25.4. The zero-order valence-corrected chi connectivity index (χ0v) is 19.9. The number of carboxylic acid groups (broad SMARTS) is 1. The molecule has 0 heterocycles. The molecule has 8 heteroatoms. The van der Waals surface area contributed by atoms with E-state index in [9.17, 15) is 19.5 Å². The minimum atomic E-state index is -1.84. The van der Waals surface area contributed by atoms with E-state index in [1.165, 1.54) is 18.2 Å². The van der Waals surface area contributed by atoms with E-state index in [0.717, 1.165) is 0 Å².